The fourth-order valence-corrected chi connectivity index (χ4v) is 3.01. The molecule has 0 N–H and O–H groups in total. The van der Waals surface area contributed by atoms with Crippen LogP contribution in [-0.4, -0.2) is 44.4 Å². The maximum atomic E-state index is 8.81. The largest absolute Gasteiger partial charge is 0.369 e. The number of aryl methyl sites for hydroxylation is 1. The molecule has 1 fully saturated rings. The van der Waals surface area contributed by atoms with Crippen LogP contribution < -0.4 is 4.90 Å². The van der Waals surface area contributed by atoms with E-state index in [2.05, 4.69) is 73.2 Å². The highest BCUT2D eigenvalue weighted by Gasteiger charge is 2.16. The summed E-state index contributed by atoms with van der Waals surface area (Å²) in [6.45, 7) is 14.4. The standard InChI is InChI=1S/C19H24N2.C2H4O.C2H6/c1-15-13-18(21-11-9-20(3)10-12-21)14-19(16(15)2)17-7-5-4-6-8-17;1-2-3;1-2/h4-8,13-14H,9-12H2,1-3H3;2H,1H3;1-2H3. The zero-order chi connectivity index (χ0) is 19.5. The first kappa shape index (κ1) is 21.9. The third-order valence-electron chi connectivity index (χ3n) is 4.61. The minimum atomic E-state index is 0.750. The van der Waals surface area contributed by atoms with Gasteiger partial charge in [-0.05, 0) is 62.2 Å². The summed E-state index contributed by atoms with van der Waals surface area (Å²) in [5.74, 6) is 0. The number of carbonyl (C=O) groups is 1. The van der Waals surface area contributed by atoms with Gasteiger partial charge in [-0.15, -0.1) is 0 Å². The Balaban J connectivity index is 0.000000615. The Labute approximate surface area is 159 Å². The van der Waals surface area contributed by atoms with Crippen LogP contribution in [0.1, 0.15) is 31.9 Å². The van der Waals surface area contributed by atoms with Gasteiger partial charge in [-0.3, -0.25) is 0 Å². The smallest absolute Gasteiger partial charge is 0.116 e. The van der Waals surface area contributed by atoms with Gasteiger partial charge in [0.25, 0.3) is 0 Å². The quantitative estimate of drug-likeness (QED) is 0.713. The van der Waals surface area contributed by atoms with E-state index < -0.39 is 0 Å². The zero-order valence-electron chi connectivity index (χ0n) is 17.2. The Hall–Kier alpha value is -2.13. The van der Waals surface area contributed by atoms with Crippen molar-refractivity contribution in [2.24, 2.45) is 0 Å². The number of carbonyl (C=O) groups excluding carboxylic acids is 1. The van der Waals surface area contributed by atoms with Gasteiger partial charge in [0.05, 0.1) is 0 Å². The zero-order valence-corrected chi connectivity index (χ0v) is 17.2. The summed E-state index contributed by atoms with van der Waals surface area (Å²) in [6.07, 6.45) is 0.750. The average molecular weight is 355 g/mol. The molecular formula is C23H34N2O. The molecule has 3 rings (SSSR count). The van der Waals surface area contributed by atoms with Crippen molar-refractivity contribution in [2.45, 2.75) is 34.6 Å². The summed E-state index contributed by atoms with van der Waals surface area (Å²) in [4.78, 5) is 13.7. The number of benzene rings is 2. The van der Waals surface area contributed by atoms with Crippen LogP contribution in [0.3, 0.4) is 0 Å². The number of likely N-dealkylation sites (N-methyl/N-ethyl adjacent to an activating group) is 1. The molecule has 1 aliphatic rings. The highest BCUT2D eigenvalue weighted by atomic mass is 16.1. The van der Waals surface area contributed by atoms with Crippen LogP contribution in [0.25, 0.3) is 11.1 Å². The summed E-state index contributed by atoms with van der Waals surface area (Å²) >= 11 is 0. The van der Waals surface area contributed by atoms with Gasteiger partial charge in [0.2, 0.25) is 0 Å². The van der Waals surface area contributed by atoms with Gasteiger partial charge in [0.15, 0.2) is 0 Å². The number of rotatable bonds is 2. The van der Waals surface area contributed by atoms with Gasteiger partial charge in [-0.2, -0.15) is 0 Å². The number of piperazine rings is 1. The molecule has 2 aromatic rings. The predicted octanol–water partition coefficient (Wildman–Crippen LogP) is 4.95. The summed E-state index contributed by atoms with van der Waals surface area (Å²) in [5.41, 5.74) is 6.81. The molecule has 0 aliphatic carbocycles. The van der Waals surface area contributed by atoms with Crippen molar-refractivity contribution in [3.8, 4) is 11.1 Å². The van der Waals surface area contributed by atoms with Crippen molar-refractivity contribution in [1.29, 1.82) is 0 Å². The second-order valence-corrected chi connectivity index (χ2v) is 6.33. The number of hydrogen-bond donors (Lipinski definition) is 0. The Morgan fingerprint density at radius 3 is 2.00 bits per heavy atom. The van der Waals surface area contributed by atoms with Crippen molar-refractivity contribution < 1.29 is 4.79 Å². The van der Waals surface area contributed by atoms with E-state index in [4.69, 9.17) is 4.79 Å². The lowest BCUT2D eigenvalue weighted by Crippen LogP contribution is -2.44. The third-order valence-corrected chi connectivity index (χ3v) is 4.61. The molecule has 0 spiro atoms. The van der Waals surface area contributed by atoms with Gasteiger partial charge < -0.3 is 14.6 Å². The first-order valence-electron chi connectivity index (χ1n) is 9.56. The molecule has 0 saturated carbocycles. The minimum Gasteiger partial charge on any atom is -0.369 e. The van der Waals surface area contributed by atoms with E-state index in [0.29, 0.717) is 0 Å². The SMILES string of the molecule is CC.CC=O.Cc1cc(N2CCN(C)CC2)cc(-c2ccccc2)c1C. The van der Waals surface area contributed by atoms with E-state index in [1.807, 2.05) is 13.8 Å². The van der Waals surface area contributed by atoms with Gasteiger partial charge in [-0.25, -0.2) is 0 Å². The first-order valence-corrected chi connectivity index (χ1v) is 9.56. The Kier molecular flexibility index (Phi) is 9.67. The van der Waals surface area contributed by atoms with Crippen molar-refractivity contribution in [2.75, 3.05) is 38.1 Å². The average Bonchev–Trinajstić information content (AvgIpc) is 2.67. The molecule has 2 aromatic carbocycles. The molecule has 1 saturated heterocycles. The summed E-state index contributed by atoms with van der Waals surface area (Å²) in [5, 5.41) is 0. The van der Waals surface area contributed by atoms with Crippen LogP contribution in [0.5, 0.6) is 0 Å². The van der Waals surface area contributed by atoms with Crippen molar-refractivity contribution >= 4 is 12.0 Å². The summed E-state index contributed by atoms with van der Waals surface area (Å²) in [7, 11) is 2.20. The van der Waals surface area contributed by atoms with Crippen molar-refractivity contribution in [1.82, 2.24) is 4.90 Å². The van der Waals surface area contributed by atoms with Crippen LogP contribution in [-0.2, 0) is 4.79 Å². The van der Waals surface area contributed by atoms with Gasteiger partial charge in [0.1, 0.15) is 6.29 Å². The molecule has 0 atom stereocenters. The summed E-state index contributed by atoms with van der Waals surface area (Å²) < 4.78 is 0. The van der Waals surface area contributed by atoms with E-state index in [0.717, 1.165) is 32.5 Å². The van der Waals surface area contributed by atoms with E-state index >= 15 is 0 Å². The van der Waals surface area contributed by atoms with E-state index in [-0.39, 0.29) is 0 Å². The van der Waals surface area contributed by atoms with Crippen molar-refractivity contribution in [3.05, 3.63) is 53.6 Å². The fourth-order valence-electron chi connectivity index (χ4n) is 3.01. The third kappa shape index (κ3) is 5.99. The summed E-state index contributed by atoms with van der Waals surface area (Å²) in [6, 6.07) is 15.4. The molecule has 142 valence electrons. The van der Waals surface area contributed by atoms with Crippen molar-refractivity contribution in [3.63, 3.8) is 0 Å². The first-order chi connectivity index (χ1) is 12.6. The maximum absolute atomic E-state index is 8.81. The van der Waals surface area contributed by atoms with Crippen LogP contribution in [0, 0.1) is 13.8 Å². The lowest BCUT2D eigenvalue weighted by Gasteiger charge is -2.34. The molecule has 0 radical (unpaired) electrons. The number of hydrogen-bond acceptors (Lipinski definition) is 3. The molecular weight excluding hydrogens is 320 g/mol. The second kappa shape index (κ2) is 11.5. The molecule has 0 aromatic heterocycles. The predicted molar refractivity (Wildman–Crippen MR) is 114 cm³/mol. The number of aldehydes is 1. The minimum absolute atomic E-state index is 0.750. The normalized spacial score (nSPS) is 13.8. The van der Waals surface area contributed by atoms with Gasteiger partial charge >= 0.3 is 0 Å². The van der Waals surface area contributed by atoms with E-state index in [1.54, 1.807) is 0 Å². The highest BCUT2D eigenvalue weighted by Crippen LogP contribution is 2.31. The molecule has 26 heavy (non-hydrogen) atoms. The van der Waals surface area contributed by atoms with E-state index in [1.165, 1.54) is 34.9 Å². The Morgan fingerprint density at radius 1 is 0.923 bits per heavy atom. The molecule has 0 bridgehead atoms. The second-order valence-electron chi connectivity index (χ2n) is 6.33. The molecule has 0 amide bonds. The lowest BCUT2D eigenvalue weighted by atomic mass is 9.95. The van der Waals surface area contributed by atoms with Crippen LogP contribution in [0.4, 0.5) is 5.69 Å². The van der Waals surface area contributed by atoms with Crippen LogP contribution in [0.15, 0.2) is 42.5 Å². The van der Waals surface area contributed by atoms with Gasteiger partial charge in [0, 0.05) is 31.9 Å². The lowest BCUT2D eigenvalue weighted by molar-refractivity contribution is -0.106. The molecule has 0 unspecified atom stereocenters. The molecule has 3 heteroatoms. The molecule has 3 nitrogen and oxygen atoms in total. The number of anilines is 1. The topological polar surface area (TPSA) is 23.6 Å². The monoisotopic (exact) mass is 354 g/mol. The number of nitrogens with zero attached hydrogens (tertiary/aromatic N) is 2. The van der Waals surface area contributed by atoms with Crippen LogP contribution >= 0.6 is 0 Å². The van der Waals surface area contributed by atoms with E-state index in [9.17, 15) is 0 Å². The van der Waals surface area contributed by atoms with Crippen LogP contribution in [0.2, 0.25) is 0 Å². The maximum Gasteiger partial charge on any atom is 0.116 e. The van der Waals surface area contributed by atoms with Gasteiger partial charge in [-0.1, -0.05) is 44.2 Å². The Morgan fingerprint density at radius 2 is 1.46 bits per heavy atom. The molecule has 1 heterocycles. The Bertz CT molecular complexity index is 659. The fraction of sp³-hybridized carbons (Fsp3) is 0.435. The highest BCUT2D eigenvalue weighted by molar-refractivity contribution is 5.73. The molecule has 1 aliphatic heterocycles.